The first-order valence-electron chi connectivity index (χ1n) is 4.97. The molecule has 2 rings (SSSR count). The van der Waals surface area contributed by atoms with Crippen LogP contribution in [0.3, 0.4) is 0 Å². The van der Waals surface area contributed by atoms with Crippen LogP contribution in [0.2, 0.25) is 0 Å². The summed E-state index contributed by atoms with van der Waals surface area (Å²) in [6.45, 7) is 0. The third kappa shape index (κ3) is 3.54. The molecule has 0 radical (unpaired) electrons. The predicted molar refractivity (Wildman–Crippen MR) is 70.1 cm³/mol. The number of halogens is 3. The van der Waals surface area contributed by atoms with Gasteiger partial charge in [-0.2, -0.15) is 0 Å². The lowest BCUT2D eigenvalue weighted by Gasteiger charge is -2.04. The van der Waals surface area contributed by atoms with Crippen LogP contribution >= 0.6 is 27.7 Å². The molecule has 0 saturated heterocycles. The second-order valence-electron chi connectivity index (χ2n) is 3.49. The summed E-state index contributed by atoms with van der Waals surface area (Å²) in [7, 11) is 0. The molecule has 0 aromatic heterocycles. The Hall–Kier alpha value is -0.870. The van der Waals surface area contributed by atoms with Crippen molar-refractivity contribution in [3.63, 3.8) is 0 Å². The fraction of sp³-hybridized carbons (Fsp3) is 0.0769. The first-order chi connectivity index (χ1) is 8.15. The Labute approximate surface area is 111 Å². The summed E-state index contributed by atoms with van der Waals surface area (Å²) in [6.07, 6.45) is 0. The van der Waals surface area contributed by atoms with Gasteiger partial charge in [0.2, 0.25) is 0 Å². The van der Waals surface area contributed by atoms with Gasteiger partial charge < -0.3 is 0 Å². The van der Waals surface area contributed by atoms with Gasteiger partial charge >= 0.3 is 0 Å². The van der Waals surface area contributed by atoms with Gasteiger partial charge in [0, 0.05) is 21.2 Å². The maximum absolute atomic E-state index is 13.4. The zero-order valence-corrected chi connectivity index (χ0v) is 11.2. The van der Waals surface area contributed by atoms with E-state index in [1.807, 2.05) is 24.3 Å². The highest BCUT2D eigenvalue weighted by atomic mass is 79.9. The van der Waals surface area contributed by atoms with E-state index in [-0.39, 0.29) is 0 Å². The summed E-state index contributed by atoms with van der Waals surface area (Å²) >= 11 is 4.73. The normalized spacial score (nSPS) is 10.5. The molecule has 0 saturated carbocycles. The zero-order chi connectivity index (χ0) is 12.3. The molecule has 0 spiro atoms. The Morgan fingerprint density at radius 3 is 2.59 bits per heavy atom. The molecule has 0 heterocycles. The lowest BCUT2D eigenvalue weighted by molar-refractivity contribution is 0.565. The lowest BCUT2D eigenvalue weighted by Crippen LogP contribution is -1.85. The van der Waals surface area contributed by atoms with Gasteiger partial charge in [-0.3, -0.25) is 0 Å². The molecule has 0 nitrogen and oxygen atoms in total. The van der Waals surface area contributed by atoms with Gasteiger partial charge in [-0.25, -0.2) is 8.78 Å². The van der Waals surface area contributed by atoms with E-state index in [0.29, 0.717) is 10.6 Å². The number of rotatable bonds is 3. The van der Waals surface area contributed by atoms with Gasteiger partial charge in [-0.15, -0.1) is 11.8 Å². The van der Waals surface area contributed by atoms with Crippen LogP contribution in [0.25, 0.3) is 0 Å². The van der Waals surface area contributed by atoms with Crippen LogP contribution < -0.4 is 0 Å². The molecule has 0 fully saturated rings. The third-order valence-electron chi connectivity index (χ3n) is 2.18. The van der Waals surface area contributed by atoms with Crippen molar-refractivity contribution in [2.24, 2.45) is 0 Å². The average Bonchev–Trinajstić information content (AvgIpc) is 2.28. The fourth-order valence-corrected chi connectivity index (χ4v) is 2.69. The zero-order valence-electron chi connectivity index (χ0n) is 8.79. The standard InChI is InChI=1S/C13H9BrF2S/c14-10-3-1-2-9(6-10)8-17-13-5-4-11(15)7-12(13)16/h1-7H,8H2. The summed E-state index contributed by atoms with van der Waals surface area (Å²) in [5.41, 5.74) is 1.09. The van der Waals surface area contributed by atoms with Crippen molar-refractivity contribution < 1.29 is 8.78 Å². The van der Waals surface area contributed by atoms with Gasteiger partial charge in [-0.05, 0) is 29.8 Å². The summed E-state index contributed by atoms with van der Waals surface area (Å²) in [4.78, 5) is 0.464. The number of thioether (sulfide) groups is 1. The van der Waals surface area contributed by atoms with Crippen LogP contribution in [-0.4, -0.2) is 0 Å². The van der Waals surface area contributed by atoms with E-state index in [9.17, 15) is 8.78 Å². The van der Waals surface area contributed by atoms with Crippen LogP contribution in [0.5, 0.6) is 0 Å². The topological polar surface area (TPSA) is 0 Å². The van der Waals surface area contributed by atoms with Crippen LogP contribution in [0, 0.1) is 11.6 Å². The van der Waals surface area contributed by atoms with Gasteiger partial charge in [-0.1, -0.05) is 28.1 Å². The maximum Gasteiger partial charge on any atom is 0.139 e. The molecule has 17 heavy (non-hydrogen) atoms. The van der Waals surface area contributed by atoms with Crippen molar-refractivity contribution >= 4 is 27.7 Å². The molecule has 0 aliphatic rings. The van der Waals surface area contributed by atoms with E-state index in [2.05, 4.69) is 15.9 Å². The minimum Gasteiger partial charge on any atom is -0.207 e. The van der Waals surface area contributed by atoms with Gasteiger partial charge in [0.05, 0.1) is 0 Å². The molecule has 0 bridgehead atoms. The van der Waals surface area contributed by atoms with Crippen molar-refractivity contribution in [1.29, 1.82) is 0 Å². The Morgan fingerprint density at radius 1 is 1.06 bits per heavy atom. The van der Waals surface area contributed by atoms with Gasteiger partial charge in [0.25, 0.3) is 0 Å². The minimum absolute atomic E-state index is 0.464. The average molecular weight is 315 g/mol. The monoisotopic (exact) mass is 314 g/mol. The van der Waals surface area contributed by atoms with Crippen LogP contribution in [-0.2, 0) is 5.75 Å². The van der Waals surface area contributed by atoms with Gasteiger partial charge in [0.1, 0.15) is 11.6 Å². The minimum atomic E-state index is -0.547. The third-order valence-corrected chi connectivity index (χ3v) is 3.79. The van der Waals surface area contributed by atoms with Crippen molar-refractivity contribution in [2.75, 3.05) is 0 Å². The van der Waals surface area contributed by atoms with Crippen LogP contribution in [0.1, 0.15) is 5.56 Å². The lowest BCUT2D eigenvalue weighted by atomic mass is 10.2. The largest absolute Gasteiger partial charge is 0.207 e. The molecule has 0 unspecified atom stereocenters. The molecule has 88 valence electrons. The second kappa shape index (κ2) is 5.65. The Bertz CT molecular complexity index is 529. The molecule has 4 heteroatoms. The van der Waals surface area contributed by atoms with Crippen molar-refractivity contribution in [3.8, 4) is 0 Å². The fourth-order valence-electron chi connectivity index (χ4n) is 1.38. The Balaban J connectivity index is 2.07. The second-order valence-corrected chi connectivity index (χ2v) is 5.43. The molecule has 0 atom stereocenters. The number of hydrogen-bond donors (Lipinski definition) is 0. The Kier molecular flexibility index (Phi) is 4.18. The molecule has 2 aromatic rings. The van der Waals surface area contributed by atoms with Crippen molar-refractivity contribution in [2.45, 2.75) is 10.6 Å². The van der Waals surface area contributed by atoms with E-state index in [0.717, 1.165) is 16.1 Å². The SMILES string of the molecule is Fc1ccc(SCc2cccc(Br)c2)c(F)c1. The van der Waals surface area contributed by atoms with Gasteiger partial charge in [0.15, 0.2) is 0 Å². The maximum atomic E-state index is 13.4. The highest BCUT2D eigenvalue weighted by Gasteiger charge is 2.04. The van der Waals surface area contributed by atoms with Crippen LogP contribution in [0.15, 0.2) is 51.8 Å². The van der Waals surface area contributed by atoms with E-state index in [1.54, 1.807) is 0 Å². The number of hydrogen-bond acceptors (Lipinski definition) is 1. The molecule has 0 aliphatic carbocycles. The first kappa shape index (κ1) is 12.6. The van der Waals surface area contributed by atoms with E-state index < -0.39 is 11.6 Å². The summed E-state index contributed by atoms with van der Waals surface area (Å²) in [5.74, 6) is -0.401. The molecule has 0 N–H and O–H groups in total. The number of benzene rings is 2. The van der Waals surface area contributed by atoms with Crippen molar-refractivity contribution in [1.82, 2.24) is 0 Å². The highest BCUT2D eigenvalue weighted by molar-refractivity contribution is 9.10. The van der Waals surface area contributed by atoms with E-state index >= 15 is 0 Å². The molecule has 0 amide bonds. The summed E-state index contributed by atoms with van der Waals surface area (Å²) in [5, 5.41) is 0. The van der Waals surface area contributed by atoms with E-state index in [4.69, 9.17) is 0 Å². The van der Waals surface area contributed by atoms with Crippen LogP contribution in [0.4, 0.5) is 8.78 Å². The first-order valence-corrected chi connectivity index (χ1v) is 6.75. The molecular weight excluding hydrogens is 306 g/mol. The molecule has 0 aliphatic heterocycles. The summed E-state index contributed by atoms with van der Waals surface area (Å²) in [6, 6.07) is 11.5. The highest BCUT2D eigenvalue weighted by Crippen LogP contribution is 2.26. The van der Waals surface area contributed by atoms with Crippen molar-refractivity contribution in [3.05, 3.63) is 64.1 Å². The molecule has 2 aromatic carbocycles. The Morgan fingerprint density at radius 2 is 1.88 bits per heavy atom. The summed E-state index contributed by atoms with van der Waals surface area (Å²) < 4.78 is 27.1. The smallest absolute Gasteiger partial charge is 0.139 e. The predicted octanol–water partition coefficient (Wildman–Crippen LogP) is 5.02. The molecular formula is C13H9BrF2S. The quantitative estimate of drug-likeness (QED) is 0.717. The van der Waals surface area contributed by atoms with E-state index in [1.165, 1.54) is 23.9 Å².